The van der Waals surface area contributed by atoms with Gasteiger partial charge in [-0.15, -0.1) is 0 Å². The summed E-state index contributed by atoms with van der Waals surface area (Å²) >= 11 is 0. The predicted octanol–water partition coefficient (Wildman–Crippen LogP) is 2.26. The Labute approximate surface area is 102 Å². The van der Waals surface area contributed by atoms with Gasteiger partial charge in [0.1, 0.15) is 5.94 Å². The molecular weight excluding hydrogens is 215 g/mol. The van der Waals surface area contributed by atoms with Crippen LogP contribution in [0.5, 0.6) is 0 Å². The first-order chi connectivity index (χ1) is 7.86. The molecule has 0 saturated carbocycles. The van der Waals surface area contributed by atoms with Gasteiger partial charge in [0.2, 0.25) is 0 Å². The van der Waals surface area contributed by atoms with E-state index in [1.807, 2.05) is 45.8 Å². The molecule has 0 aromatic heterocycles. The molecule has 1 aliphatic heterocycles. The van der Waals surface area contributed by atoms with Gasteiger partial charge in [-0.1, -0.05) is 12.2 Å². The summed E-state index contributed by atoms with van der Waals surface area (Å²) < 4.78 is 11.8. The number of rotatable bonds is 1. The van der Waals surface area contributed by atoms with E-state index in [2.05, 4.69) is 0 Å². The minimum atomic E-state index is -0.343. The molecule has 3 nitrogen and oxygen atoms in total. The van der Waals surface area contributed by atoms with Crippen molar-refractivity contribution in [2.24, 2.45) is 0 Å². The van der Waals surface area contributed by atoms with Crippen LogP contribution < -0.4 is 0 Å². The van der Waals surface area contributed by atoms with Gasteiger partial charge in [-0.3, -0.25) is 0 Å². The standard InChI is InChI=1S/C13H17BO3/c1-12(2)13(3,4)17-14(16-12)11-7-5-10(9-15)6-8-11/h5,7-8H,6H2,1-4H3. The highest BCUT2D eigenvalue weighted by Gasteiger charge is 2.52. The van der Waals surface area contributed by atoms with E-state index >= 15 is 0 Å². The minimum absolute atomic E-state index is 0.326. The van der Waals surface area contributed by atoms with Gasteiger partial charge in [-0.2, -0.15) is 0 Å². The Bertz CT molecular complexity index is 424. The second-order valence-electron chi connectivity index (χ2n) is 5.46. The Kier molecular flexibility index (Phi) is 2.90. The number of hydrogen-bond donors (Lipinski definition) is 0. The van der Waals surface area contributed by atoms with Crippen LogP contribution >= 0.6 is 0 Å². The molecule has 0 amide bonds. The molecule has 1 saturated heterocycles. The molecule has 0 N–H and O–H groups in total. The van der Waals surface area contributed by atoms with Gasteiger partial charge >= 0.3 is 7.12 Å². The van der Waals surface area contributed by atoms with E-state index in [1.165, 1.54) is 0 Å². The lowest BCUT2D eigenvalue weighted by molar-refractivity contribution is 0.00578. The lowest BCUT2D eigenvalue weighted by atomic mass is 9.75. The number of hydrogen-bond acceptors (Lipinski definition) is 3. The van der Waals surface area contributed by atoms with Crippen molar-refractivity contribution in [1.82, 2.24) is 0 Å². The molecule has 4 heteroatoms. The third-order valence-corrected chi connectivity index (χ3v) is 3.69. The molecular formula is C13H17BO3. The normalized spacial score (nSPS) is 25.8. The summed E-state index contributed by atoms with van der Waals surface area (Å²) in [4.78, 5) is 10.5. The van der Waals surface area contributed by atoms with Gasteiger partial charge in [0.25, 0.3) is 0 Å². The van der Waals surface area contributed by atoms with E-state index in [0.717, 1.165) is 5.47 Å². The molecule has 0 aromatic carbocycles. The topological polar surface area (TPSA) is 35.5 Å². The fourth-order valence-corrected chi connectivity index (χ4v) is 1.79. The quantitative estimate of drug-likeness (QED) is 0.513. The van der Waals surface area contributed by atoms with Gasteiger partial charge < -0.3 is 9.31 Å². The lowest BCUT2D eigenvalue weighted by Crippen LogP contribution is -2.41. The summed E-state index contributed by atoms with van der Waals surface area (Å²) in [7, 11) is -0.343. The summed E-state index contributed by atoms with van der Waals surface area (Å²) in [5.41, 5.74) is 0.980. The highest BCUT2D eigenvalue weighted by molar-refractivity contribution is 6.55. The molecule has 1 heterocycles. The highest BCUT2D eigenvalue weighted by atomic mass is 16.7. The van der Waals surface area contributed by atoms with E-state index in [4.69, 9.17) is 9.31 Å². The molecule has 0 aromatic rings. The van der Waals surface area contributed by atoms with Crippen molar-refractivity contribution >= 4 is 13.1 Å². The summed E-state index contributed by atoms with van der Waals surface area (Å²) in [6, 6.07) is 0. The molecule has 0 unspecified atom stereocenters. The summed E-state index contributed by atoms with van der Waals surface area (Å²) in [6.07, 6.45) is 6.20. The van der Waals surface area contributed by atoms with E-state index < -0.39 is 0 Å². The van der Waals surface area contributed by atoms with Crippen molar-refractivity contribution in [1.29, 1.82) is 0 Å². The van der Waals surface area contributed by atoms with Crippen LogP contribution in [0, 0.1) is 0 Å². The maximum Gasteiger partial charge on any atom is 0.494 e. The summed E-state index contributed by atoms with van der Waals surface area (Å²) in [5, 5.41) is 0. The first-order valence-electron chi connectivity index (χ1n) is 5.83. The van der Waals surface area contributed by atoms with Gasteiger partial charge in [-0.05, 0) is 39.2 Å². The number of carbonyl (C=O) groups excluding carboxylic acids is 1. The molecule has 0 radical (unpaired) electrons. The Hall–Kier alpha value is -1.09. The second-order valence-corrected chi connectivity index (χ2v) is 5.46. The van der Waals surface area contributed by atoms with Crippen LogP contribution in [-0.2, 0) is 14.1 Å². The average molecular weight is 232 g/mol. The lowest BCUT2D eigenvalue weighted by Gasteiger charge is -2.32. The van der Waals surface area contributed by atoms with Crippen LogP contribution in [0.15, 0.2) is 29.3 Å². The Morgan fingerprint density at radius 3 is 2.18 bits per heavy atom. The van der Waals surface area contributed by atoms with Gasteiger partial charge in [0.05, 0.1) is 11.2 Å². The zero-order valence-corrected chi connectivity index (χ0v) is 10.7. The summed E-state index contributed by atoms with van der Waals surface area (Å²) in [5.74, 6) is 1.90. The third-order valence-electron chi connectivity index (χ3n) is 3.69. The fraction of sp³-hybridized carbons (Fsp3) is 0.538. The Balaban J connectivity index is 2.16. The SMILES string of the molecule is CC1(C)OB(C2=CCC(=C=O)C=C2)OC1(C)C. The van der Waals surface area contributed by atoms with Crippen molar-refractivity contribution in [3.05, 3.63) is 29.3 Å². The monoisotopic (exact) mass is 232 g/mol. The minimum Gasteiger partial charge on any atom is -0.399 e. The van der Waals surface area contributed by atoms with Gasteiger partial charge in [-0.25, -0.2) is 4.79 Å². The van der Waals surface area contributed by atoms with Crippen LogP contribution in [0.3, 0.4) is 0 Å². The van der Waals surface area contributed by atoms with Gasteiger partial charge in [0.15, 0.2) is 0 Å². The molecule has 17 heavy (non-hydrogen) atoms. The van der Waals surface area contributed by atoms with Crippen LogP contribution in [0.2, 0.25) is 0 Å². The predicted molar refractivity (Wildman–Crippen MR) is 67.1 cm³/mol. The Morgan fingerprint density at radius 2 is 1.76 bits per heavy atom. The summed E-state index contributed by atoms with van der Waals surface area (Å²) in [6.45, 7) is 8.10. The maximum absolute atomic E-state index is 10.5. The van der Waals surface area contributed by atoms with E-state index in [0.29, 0.717) is 12.0 Å². The molecule has 1 aliphatic carbocycles. The van der Waals surface area contributed by atoms with Crippen LogP contribution in [0.1, 0.15) is 34.1 Å². The molecule has 0 bridgehead atoms. The third kappa shape index (κ3) is 2.16. The first-order valence-corrected chi connectivity index (χ1v) is 5.83. The van der Waals surface area contributed by atoms with Crippen LogP contribution in [-0.4, -0.2) is 24.3 Å². The fourth-order valence-electron chi connectivity index (χ4n) is 1.79. The van der Waals surface area contributed by atoms with E-state index in [9.17, 15) is 4.79 Å². The van der Waals surface area contributed by atoms with Gasteiger partial charge in [0, 0.05) is 12.0 Å². The zero-order chi connectivity index (χ0) is 12.7. The second kappa shape index (κ2) is 3.99. The van der Waals surface area contributed by atoms with Crippen molar-refractivity contribution in [2.45, 2.75) is 45.3 Å². The van der Waals surface area contributed by atoms with E-state index in [1.54, 1.807) is 6.08 Å². The van der Waals surface area contributed by atoms with Crippen molar-refractivity contribution in [3.63, 3.8) is 0 Å². The van der Waals surface area contributed by atoms with Crippen molar-refractivity contribution < 1.29 is 14.1 Å². The smallest absolute Gasteiger partial charge is 0.399 e. The maximum atomic E-state index is 10.5. The molecule has 0 spiro atoms. The van der Waals surface area contributed by atoms with Crippen molar-refractivity contribution in [3.8, 4) is 0 Å². The molecule has 1 fully saturated rings. The van der Waals surface area contributed by atoms with Crippen LogP contribution in [0.25, 0.3) is 0 Å². The largest absolute Gasteiger partial charge is 0.494 e. The average Bonchev–Trinajstić information content (AvgIpc) is 2.48. The molecule has 90 valence electrons. The van der Waals surface area contributed by atoms with E-state index in [-0.39, 0.29) is 18.3 Å². The van der Waals surface area contributed by atoms with Crippen molar-refractivity contribution in [2.75, 3.05) is 0 Å². The first kappa shape index (κ1) is 12.4. The highest BCUT2D eigenvalue weighted by Crippen LogP contribution is 2.39. The Morgan fingerprint density at radius 1 is 1.18 bits per heavy atom. The molecule has 0 atom stereocenters. The van der Waals surface area contributed by atoms with Crippen LogP contribution in [0.4, 0.5) is 0 Å². The zero-order valence-electron chi connectivity index (χ0n) is 10.7. The molecule has 2 rings (SSSR count). The molecule has 2 aliphatic rings. The number of allylic oxidation sites excluding steroid dienone is 5.